The molecule has 1 amide bonds. The summed E-state index contributed by atoms with van der Waals surface area (Å²) in [5.41, 5.74) is 0.943. The van der Waals surface area contributed by atoms with Gasteiger partial charge in [-0.1, -0.05) is 29.8 Å². The molecule has 5 nitrogen and oxygen atoms in total. The third-order valence-electron chi connectivity index (χ3n) is 3.58. The molecule has 0 saturated heterocycles. The van der Waals surface area contributed by atoms with E-state index in [1.165, 1.54) is 0 Å². The van der Waals surface area contributed by atoms with Crippen LogP contribution >= 0.6 is 11.6 Å². The van der Waals surface area contributed by atoms with E-state index in [1.54, 1.807) is 26.4 Å². The standard InChI is InChI=1S/C19H22ClNO4/c1-23-17-10-9-14(12-18(17)24-2)13-21-19(22)8-5-11-25-16-7-4-3-6-15(16)20/h3-4,6-7,9-10,12H,5,8,11,13H2,1-2H3,(H,21,22). The Kier molecular flexibility index (Phi) is 7.41. The predicted molar refractivity (Wildman–Crippen MR) is 97.6 cm³/mol. The van der Waals surface area contributed by atoms with Crippen molar-refractivity contribution >= 4 is 17.5 Å². The van der Waals surface area contributed by atoms with Crippen molar-refractivity contribution in [3.05, 3.63) is 53.1 Å². The number of nitrogens with one attached hydrogen (secondary N) is 1. The summed E-state index contributed by atoms with van der Waals surface area (Å²) in [5.74, 6) is 1.91. The third kappa shape index (κ3) is 5.87. The molecule has 2 aromatic carbocycles. The Hall–Kier alpha value is -2.40. The lowest BCUT2D eigenvalue weighted by Gasteiger charge is -2.11. The number of rotatable bonds is 9. The summed E-state index contributed by atoms with van der Waals surface area (Å²) < 4.78 is 16.0. The van der Waals surface area contributed by atoms with Gasteiger partial charge < -0.3 is 19.5 Å². The van der Waals surface area contributed by atoms with Crippen molar-refractivity contribution in [2.24, 2.45) is 0 Å². The van der Waals surface area contributed by atoms with Gasteiger partial charge in [0.25, 0.3) is 0 Å². The van der Waals surface area contributed by atoms with Crippen molar-refractivity contribution in [3.63, 3.8) is 0 Å². The zero-order chi connectivity index (χ0) is 18.1. The van der Waals surface area contributed by atoms with E-state index in [9.17, 15) is 4.79 Å². The lowest BCUT2D eigenvalue weighted by Crippen LogP contribution is -2.23. The second kappa shape index (κ2) is 9.79. The first-order chi connectivity index (χ1) is 12.1. The number of ether oxygens (including phenoxy) is 3. The highest BCUT2D eigenvalue weighted by atomic mass is 35.5. The minimum atomic E-state index is -0.0301. The van der Waals surface area contributed by atoms with Gasteiger partial charge in [-0.15, -0.1) is 0 Å². The first-order valence-electron chi connectivity index (χ1n) is 7.99. The average Bonchev–Trinajstić information content (AvgIpc) is 2.64. The van der Waals surface area contributed by atoms with Gasteiger partial charge in [0.05, 0.1) is 25.8 Å². The predicted octanol–water partition coefficient (Wildman–Crippen LogP) is 3.83. The van der Waals surface area contributed by atoms with E-state index < -0.39 is 0 Å². The van der Waals surface area contributed by atoms with Crippen LogP contribution in [0.5, 0.6) is 17.2 Å². The number of benzene rings is 2. The molecule has 2 aromatic rings. The zero-order valence-corrected chi connectivity index (χ0v) is 15.1. The maximum atomic E-state index is 11.9. The fourth-order valence-corrected chi connectivity index (χ4v) is 2.45. The molecule has 1 N–H and O–H groups in total. The fraction of sp³-hybridized carbons (Fsp3) is 0.316. The third-order valence-corrected chi connectivity index (χ3v) is 3.89. The van der Waals surface area contributed by atoms with Crippen molar-refractivity contribution < 1.29 is 19.0 Å². The van der Waals surface area contributed by atoms with Crippen LogP contribution < -0.4 is 19.5 Å². The van der Waals surface area contributed by atoms with Crippen LogP contribution in [0.4, 0.5) is 0 Å². The Bertz CT molecular complexity index is 706. The molecule has 2 rings (SSSR count). The first-order valence-corrected chi connectivity index (χ1v) is 8.36. The maximum absolute atomic E-state index is 11.9. The number of hydrogen-bond acceptors (Lipinski definition) is 4. The number of hydrogen-bond donors (Lipinski definition) is 1. The molecule has 0 aliphatic rings. The van der Waals surface area contributed by atoms with E-state index in [0.717, 1.165) is 5.56 Å². The van der Waals surface area contributed by atoms with Gasteiger partial charge >= 0.3 is 0 Å². The normalized spacial score (nSPS) is 10.2. The highest BCUT2D eigenvalue weighted by Crippen LogP contribution is 2.27. The molecule has 0 aliphatic carbocycles. The Balaban J connectivity index is 1.71. The highest BCUT2D eigenvalue weighted by molar-refractivity contribution is 6.32. The molecule has 0 aromatic heterocycles. The van der Waals surface area contributed by atoms with Crippen molar-refractivity contribution in [1.29, 1.82) is 0 Å². The van der Waals surface area contributed by atoms with Gasteiger partial charge in [-0.3, -0.25) is 4.79 Å². The number of halogens is 1. The van der Waals surface area contributed by atoms with E-state index in [-0.39, 0.29) is 5.91 Å². The summed E-state index contributed by atoms with van der Waals surface area (Å²) >= 11 is 6.01. The summed E-state index contributed by atoms with van der Waals surface area (Å²) in [6, 6.07) is 12.8. The SMILES string of the molecule is COc1ccc(CNC(=O)CCCOc2ccccc2Cl)cc1OC. The average molecular weight is 364 g/mol. The van der Waals surface area contributed by atoms with Gasteiger partial charge in [0.15, 0.2) is 11.5 Å². The second-order valence-corrected chi connectivity index (χ2v) is 5.76. The summed E-state index contributed by atoms with van der Waals surface area (Å²) in [6.45, 7) is 0.873. The number of methoxy groups -OCH3 is 2. The molecule has 0 fully saturated rings. The lowest BCUT2D eigenvalue weighted by atomic mass is 10.2. The Morgan fingerprint density at radius 1 is 1.04 bits per heavy atom. The van der Waals surface area contributed by atoms with E-state index in [0.29, 0.717) is 48.3 Å². The molecule has 0 bridgehead atoms. The number of amides is 1. The highest BCUT2D eigenvalue weighted by Gasteiger charge is 2.07. The molecular formula is C19H22ClNO4. The van der Waals surface area contributed by atoms with Crippen molar-refractivity contribution in [2.45, 2.75) is 19.4 Å². The van der Waals surface area contributed by atoms with Gasteiger partial charge in [0.1, 0.15) is 5.75 Å². The smallest absolute Gasteiger partial charge is 0.220 e. The monoisotopic (exact) mass is 363 g/mol. The van der Waals surface area contributed by atoms with Gasteiger partial charge in [-0.2, -0.15) is 0 Å². The molecule has 134 valence electrons. The molecular weight excluding hydrogens is 342 g/mol. The largest absolute Gasteiger partial charge is 0.493 e. The summed E-state index contributed by atoms with van der Waals surface area (Å²) in [4.78, 5) is 11.9. The molecule has 0 radical (unpaired) electrons. The minimum absolute atomic E-state index is 0.0301. The molecule has 0 unspecified atom stereocenters. The van der Waals surface area contributed by atoms with Crippen LogP contribution in [0.2, 0.25) is 5.02 Å². The summed E-state index contributed by atoms with van der Waals surface area (Å²) in [7, 11) is 3.17. The molecule has 0 atom stereocenters. The lowest BCUT2D eigenvalue weighted by molar-refractivity contribution is -0.121. The van der Waals surface area contributed by atoms with Crippen molar-refractivity contribution in [2.75, 3.05) is 20.8 Å². The van der Waals surface area contributed by atoms with Gasteiger partial charge in [0, 0.05) is 13.0 Å². The topological polar surface area (TPSA) is 56.8 Å². The van der Waals surface area contributed by atoms with Crippen LogP contribution in [0.15, 0.2) is 42.5 Å². The van der Waals surface area contributed by atoms with Crippen LogP contribution in [-0.2, 0) is 11.3 Å². The Morgan fingerprint density at radius 3 is 2.52 bits per heavy atom. The van der Waals surface area contributed by atoms with Crippen LogP contribution in [-0.4, -0.2) is 26.7 Å². The van der Waals surface area contributed by atoms with E-state index >= 15 is 0 Å². The fourth-order valence-electron chi connectivity index (χ4n) is 2.26. The molecule has 6 heteroatoms. The molecule has 0 heterocycles. The van der Waals surface area contributed by atoms with E-state index in [4.69, 9.17) is 25.8 Å². The van der Waals surface area contributed by atoms with Crippen LogP contribution in [0.25, 0.3) is 0 Å². The maximum Gasteiger partial charge on any atom is 0.220 e. The molecule has 25 heavy (non-hydrogen) atoms. The molecule has 0 spiro atoms. The van der Waals surface area contributed by atoms with Gasteiger partial charge in [-0.05, 0) is 36.2 Å². The van der Waals surface area contributed by atoms with E-state index in [1.807, 2.05) is 30.3 Å². The van der Waals surface area contributed by atoms with Crippen molar-refractivity contribution in [3.8, 4) is 17.2 Å². The van der Waals surface area contributed by atoms with Crippen molar-refractivity contribution in [1.82, 2.24) is 5.32 Å². The minimum Gasteiger partial charge on any atom is -0.493 e. The van der Waals surface area contributed by atoms with Gasteiger partial charge in [-0.25, -0.2) is 0 Å². The van der Waals surface area contributed by atoms with Crippen LogP contribution in [0, 0.1) is 0 Å². The number of para-hydroxylation sites is 1. The molecule has 0 aliphatic heterocycles. The van der Waals surface area contributed by atoms with Crippen LogP contribution in [0.3, 0.4) is 0 Å². The first kappa shape index (κ1) is 18.9. The quantitative estimate of drug-likeness (QED) is 0.688. The zero-order valence-electron chi connectivity index (χ0n) is 14.4. The van der Waals surface area contributed by atoms with Crippen LogP contribution in [0.1, 0.15) is 18.4 Å². The number of carbonyl (C=O) groups is 1. The Labute approximate surface area is 152 Å². The van der Waals surface area contributed by atoms with E-state index in [2.05, 4.69) is 5.32 Å². The van der Waals surface area contributed by atoms with Gasteiger partial charge in [0.2, 0.25) is 5.91 Å². The Morgan fingerprint density at radius 2 is 1.80 bits per heavy atom. The molecule has 0 saturated carbocycles. The summed E-state index contributed by atoms with van der Waals surface area (Å²) in [6.07, 6.45) is 1.00. The number of carbonyl (C=O) groups excluding carboxylic acids is 1. The summed E-state index contributed by atoms with van der Waals surface area (Å²) in [5, 5.41) is 3.45. The second-order valence-electron chi connectivity index (χ2n) is 5.35.